The molecule has 4 nitrogen and oxygen atoms in total. The van der Waals surface area contributed by atoms with Gasteiger partial charge >= 0.3 is 27.2 Å². The van der Waals surface area contributed by atoms with E-state index >= 15 is 0 Å². The summed E-state index contributed by atoms with van der Waals surface area (Å²) in [4.78, 5) is 11.6. The summed E-state index contributed by atoms with van der Waals surface area (Å²) in [5.41, 5.74) is 0.924. The van der Waals surface area contributed by atoms with Crippen molar-refractivity contribution in [1.82, 2.24) is 0 Å². The van der Waals surface area contributed by atoms with E-state index < -0.39 is 21.2 Å². The van der Waals surface area contributed by atoms with Crippen molar-refractivity contribution in [2.75, 3.05) is 20.3 Å². The lowest BCUT2D eigenvalue weighted by Crippen LogP contribution is -3.61. The first-order valence-electron chi connectivity index (χ1n) is 6.85. The number of aromatic hydroxyl groups is 1. The number of phenolic OH excluding ortho intramolecular Hbond substituents is 1. The fourth-order valence-corrected chi connectivity index (χ4v) is 4.00. The molecule has 0 heterocycles. The summed E-state index contributed by atoms with van der Waals surface area (Å²) < 4.78 is 12.1. The van der Waals surface area contributed by atoms with Crippen LogP contribution in [0, 0.1) is 7.14 Å². The summed E-state index contributed by atoms with van der Waals surface area (Å²) in [7, 11) is 1.57. The summed E-state index contributed by atoms with van der Waals surface area (Å²) in [6, 6.07) is 15.3. The molecule has 0 unspecified atom stereocenters. The minimum atomic E-state index is -0.422. The third-order valence-corrected chi connectivity index (χ3v) is 5.71. The van der Waals surface area contributed by atoms with Crippen LogP contribution in [0.4, 0.5) is 0 Å². The molecule has 0 saturated heterocycles. The van der Waals surface area contributed by atoms with Crippen LogP contribution in [0.3, 0.4) is 0 Å². The van der Waals surface area contributed by atoms with Gasteiger partial charge in [-0.2, -0.15) is 0 Å². The Hall–Kier alpha value is -1.60. The maximum Gasteiger partial charge on any atom is 0.362 e. The first-order valence-corrected chi connectivity index (χ1v) is 9.01. The van der Waals surface area contributed by atoms with E-state index in [1.165, 1.54) is 3.57 Å². The third-order valence-electron chi connectivity index (χ3n) is 2.88. The van der Waals surface area contributed by atoms with E-state index in [9.17, 15) is 9.90 Å². The number of hydrogen-bond acceptors (Lipinski definition) is 4. The van der Waals surface area contributed by atoms with E-state index in [2.05, 4.69) is 0 Å². The van der Waals surface area contributed by atoms with Gasteiger partial charge in [0, 0.05) is 7.11 Å². The Morgan fingerprint density at radius 2 is 1.82 bits per heavy atom. The van der Waals surface area contributed by atoms with Crippen LogP contribution in [0.1, 0.15) is 5.56 Å². The monoisotopic (exact) mass is 413 g/mol. The second-order valence-corrected chi connectivity index (χ2v) is 7.51. The lowest BCUT2D eigenvalue weighted by atomic mass is 10.2. The number of hydrogen-bond donors (Lipinski definition) is 1. The first kappa shape index (κ1) is 16.8. The molecule has 0 amide bonds. The maximum absolute atomic E-state index is 11.6. The van der Waals surface area contributed by atoms with Gasteiger partial charge < -0.3 is 14.6 Å². The van der Waals surface area contributed by atoms with Crippen LogP contribution < -0.4 is 21.2 Å². The summed E-state index contributed by atoms with van der Waals surface area (Å²) in [5.74, 6) is 0.0984. The Bertz CT molecular complexity index is 610. The van der Waals surface area contributed by atoms with Crippen LogP contribution in [-0.2, 0) is 20.7 Å². The van der Waals surface area contributed by atoms with Crippen LogP contribution in [-0.4, -0.2) is 31.4 Å². The van der Waals surface area contributed by atoms with Gasteiger partial charge in [-0.05, 0) is 29.8 Å². The SMILES string of the molecule is COCCOC(=O)Cc1ccc([I+]c2ccccc2O)cc1. The topological polar surface area (TPSA) is 55.8 Å². The molecule has 5 heteroatoms. The highest BCUT2D eigenvalue weighted by Gasteiger charge is 2.19. The van der Waals surface area contributed by atoms with Crippen molar-refractivity contribution in [3.63, 3.8) is 0 Å². The van der Waals surface area contributed by atoms with Gasteiger partial charge in [-0.3, -0.25) is 4.79 Å². The smallest absolute Gasteiger partial charge is 0.362 e. The van der Waals surface area contributed by atoms with Gasteiger partial charge in [0.1, 0.15) is 6.61 Å². The summed E-state index contributed by atoms with van der Waals surface area (Å²) >= 11 is -0.422. The van der Waals surface area contributed by atoms with Gasteiger partial charge in [0.05, 0.1) is 13.0 Å². The molecule has 0 radical (unpaired) electrons. The quantitative estimate of drug-likeness (QED) is 0.369. The molecule has 116 valence electrons. The predicted molar refractivity (Wildman–Crippen MR) is 78.5 cm³/mol. The summed E-state index contributed by atoms with van der Waals surface area (Å²) in [6.07, 6.45) is 0.263. The van der Waals surface area contributed by atoms with E-state index in [0.29, 0.717) is 12.4 Å². The summed E-state index contributed by atoms with van der Waals surface area (Å²) in [5, 5.41) is 9.80. The Kier molecular flexibility index (Phi) is 6.67. The zero-order chi connectivity index (χ0) is 15.8. The molecule has 0 spiro atoms. The number of phenols is 1. The Labute approximate surface area is 140 Å². The van der Waals surface area contributed by atoms with E-state index in [1.807, 2.05) is 42.5 Å². The number of methoxy groups -OCH3 is 1. The second kappa shape index (κ2) is 8.75. The van der Waals surface area contributed by atoms with Crippen molar-refractivity contribution in [1.29, 1.82) is 0 Å². The van der Waals surface area contributed by atoms with E-state index in [-0.39, 0.29) is 19.0 Å². The molecule has 22 heavy (non-hydrogen) atoms. The standard InChI is InChI=1S/C17H17IO4/c1-21-10-11-22-17(20)12-13-6-8-14(9-7-13)18-15-4-2-3-5-16(15)19/h2-9H,10-12H2,1H3/p+1. The third kappa shape index (κ3) is 5.31. The number of carbonyl (C=O) groups excluding carboxylic acids is 1. The lowest BCUT2D eigenvalue weighted by molar-refractivity contribution is -0.598. The number of benzene rings is 2. The van der Waals surface area contributed by atoms with Crippen molar-refractivity contribution in [2.45, 2.75) is 6.42 Å². The lowest BCUT2D eigenvalue weighted by Gasteiger charge is -2.03. The Morgan fingerprint density at radius 1 is 1.09 bits per heavy atom. The maximum atomic E-state index is 11.6. The van der Waals surface area contributed by atoms with Crippen molar-refractivity contribution in [3.8, 4) is 5.75 Å². The molecular weight excluding hydrogens is 395 g/mol. The van der Waals surface area contributed by atoms with Gasteiger partial charge in [-0.25, -0.2) is 0 Å². The number of halogens is 1. The number of rotatable bonds is 7. The highest BCUT2D eigenvalue weighted by Crippen LogP contribution is 2.05. The van der Waals surface area contributed by atoms with E-state index in [4.69, 9.17) is 9.47 Å². The van der Waals surface area contributed by atoms with Gasteiger partial charge in [0.2, 0.25) is 3.57 Å². The second-order valence-electron chi connectivity index (χ2n) is 4.56. The minimum Gasteiger partial charge on any atom is -0.504 e. The van der Waals surface area contributed by atoms with Crippen molar-refractivity contribution in [2.24, 2.45) is 0 Å². The zero-order valence-electron chi connectivity index (χ0n) is 12.3. The molecule has 0 fully saturated rings. The molecule has 1 N–H and O–H groups in total. The molecule has 0 aliphatic rings. The molecule has 0 saturated carbocycles. The number of para-hydroxylation sites is 1. The fraction of sp³-hybridized carbons (Fsp3) is 0.235. The van der Waals surface area contributed by atoms with Crippen LogP contribution >= 0.6 is 0 Å². The molecule has 0 bridgehead atoms. The summed E-state index contributed by atoms with van der Waals surface area (Å²) in [6.45, 7) is 0.696. The zero-order valence-corrected chi connectivity index (χ0v) is 14.4. The van der Waals surface area contributed by atoms with Gasteiger partial charge in [0.15, 0.2) is 9.32 Å². The predicted octanol–water partition coefficient (Wildman–Crippen LogP) is -0.747. The molecule has 2 aromatic rings. The highest BCUT2D eigenvalue weighted by molar-refractivity contribution is 5.72. The molecule has 0 aromatic heterocycles. The molecule has 0 atom stereocenters. The first-order chi connectivity index (χ1) is 10.7. The highest BCUT2D eigenvalue weighted by atomic mass is 127. The number of esters is 1. The molecule has 0 aliphatic heterocycles. The largest absolute Gasteiger partial charge is 0.504 e. The van der Waals surface area contributed by atoms with Crippen LogP contribution in [0.5, 0.6) is 5.75 Å². The van der Waals surface area contributed by atoms with Crippen LogP contribution in [0.25, 0.3) is 0 Å². The van der Waals surface area contributed by atoms with Crippen molar-refractivity contribution < 1.29 is 40.6 Å². The van der Waals surface area contributed by atoms with Crippen molar-refractivity contribution >= 4 is 5.97 Å². The normalized spacial score (nSPS) is 10.4. The van der Waals surface area contributed by atoms with Gasteiger partial charge in [0.25, 0.3) is 0 Å². The van der Waals surface area contributed by atoms with Gasteiger partial charge in [-0.1, -0.05) is 24.3 Å². The number of carbonyl (C=O) groups is 1. The minimum absolute atomic E-state index is 0.250. The molecular formula is C17H18IO4+. The Balaban J connectivity index is 1.90. The van der Waals surface area contributed by atoms with Crippen LogP contribution in [0.15, 0.2) is 48.5 Å². The Morgan fingerprint density at radius 3 is 2.50 bits per heavy atom. The van der Waals surface area contributed by atoms with Crippen molar-refractivity contribution in [3.05, 3.63) is 61.2 Å². The van der Waals surface area contributed by atoms with E-state index in [1.54, 1.807) is 13.2 Å². The molecule has 2 rings (SSSR count). The van der Waals surface area contributed by atoms with Crippen LogP contribution in [0.2, 0.25) is 0 Å². The van der Waals surface area contributed by atoms with Gasteiger partial charge in [-0.15, -0.1) is 0 Å². The molecule has 0 aliphatic carbocycles. The fourth-order valence-electron chi connectivity index (χ4n) is 1.77. The number of ether oxygens (including phenoxy) is 2. The average molecular weight is 413 g/mol. The average Bonchev–Trinajstić information content (AvgIpc) is 2.52. The van der Waals surface area contributed by atoms with E-state index in [0.717, 1.165) is 9.13 Å². The molecule has 2 aromatic carbocycles.